The van der Waals surface area contributed by atoms with E-state index in [4.69, 9.17) is 4.74 Å². The first-order valence-corrected chi connectivity index (χ1v) is 8.49. The van der Waals surface area contributed by atoms with Crippen LogP contribution in [0.5, 0.6) is 5.75 Å². The number of halogens is 1. The van der Waals surface area contributed by atoms with Crippen LogP contribution >= 0.6 is 15.9 Å². The van der Waals surface area contributed by atoms with E-state index in [2.05, 4.69) is 35.0 Å². The second-order valence-electron chi connectivity index (χ2n) is 5.64. The van der Waals surface area contributed by atoms with Crippen molar-refractivity contribution in [3.05, 3.63) is 63.6 Å². The number of benzene rings is 2. The van der Waals surface area contributed by atoms with E-state index in [9.17, 15) is 4.79 Å². The Morgan fingerprint density at radius 1 is 1.13 bits per heavy atom. The Labute approximate surface area is 146 Å². The average molecular weight is 376 g/mol. The second kappa shape index (κ2) is 8.16. The largest absolute Gasteiger partial charge is 0.483 e. The van der Waals surface area contributed by atoms with Gasteiger partial charge in [0, 0.05) is 13.6 Å². The van der Waals surface area contributed by atoms with Gasteiger partial charge in [-0.25, -0.2) is 0 Å². The van der Waals surface area contributed by atoms with Crippen LogP contribution in [-0.2, 0) is 17.8 Å². The van der Waals surface area contributed by atoms with Gasteiger partial charge in [0.05, 0.1) is 4.47 Å². The van der Waals surface area contributed by atoms with Gasteiger partial charge >= 0.3 is 0 Å². The molecule has 23 heavy (non-hydrogen) atoms. The van der Waals surface area contributed by atoms with E-state index in [1.54, 1.807) is 11.9 Å². The molecule has 0 heterocycles. The van der Waals surface area contributed by atoms with Crippen LogP contribution in [0.3, 0.4) is 0 Å². The predicted octanol–water partition coefficient (Wildman–Crippen LogP) is 4.36. The minimum Gasteiger partial charge on any atom is -0.483 e. The first-order chi connectivity index (χ1) is 11.0. The molecule has 0 aromatic heterocycles. The highest BCUT2D eigenvalue weighted by molar-refractivity contribution is 9.10. The topological polar surface area (TPSA) is 29.5 Å². The fourth-order valence-corrected chi connectivity index (χ4v) is 2.73. The molecule has 3 nitrogen and oxygen atoms in total. The van der Waals surface area contributed by atoms with Gasteiger partial charge in [0.2, 0.25) is 0 Å². The van der Waals surface area contributed by atoms with Gasteiger partial charge in [0.15, 0.2) is 6.61 Å². The number of rotatable bonds is 6. The smallest absolute Gasteiger partial charge is 0.260 e. The van der Waals surface area contributed by atoms with E-state index in [1.165, 1.54) is 11.1 Å². The van der Waals surface area contributed by atoms with Crippen LogP contribution < -0.4 is 4.74 Å². The third-order valence-corrected chi connectivity index (χ3v) is 4.34. The lowest BCUT2D eigenvalue weighted by atomic mass is 10.1. The molecule has 0 fully saturated rings. The summed E-state index contributed by atoms with van der Waals surface area (Å²) in [6.45, 7) is 4.77. The summed E-state index contributed by atoms with van der Waals surface area (Å²) in [6, 6.07) is 14.1. The van der Waals surface area contributed by atoms with Gasteiger partial charge in [0.1, 0.15) is 5.75 Å². The molecule has 0 spiro atoms. The van der Waals surface area contributed by atoms with Gasteiger partial charge in [0.25, 0.3) is 5.91 Å². The van der Waals surface area contributed by atoms with Gasteiger partial charge in [-0.3, -0.25) is 4.79 Å². The van der Waals surface area contributed by atoms with E-state index >= 15 is 0 Å². The van der Waals surface area contributed by atoms with Gasteiger partial charge < -0.3 is 9.64 Å². The molecule has 0 aliphatic heterocycles. The normalized spacial score (nSPS) is 10.4. The molecule has 0 atom stereocenters. The van der Waals surface area contributed by atoms with Crippen LogP contribution in [0.1, 0.15) is 23.6 Å². The fourth-order valence-electron chi connectivity index (χ4n) is 2.19. The maximum Gasteiger partial charge on any atom is 0.260 e. The van der Waals surface area contributed by atoms with Gasteiger partial charge in [-0.15, -0.1) is 0 Å². The van der Waals surface area contributed by atoms with Crippen LogP contribution in [0.15, 0.2) is 46.9 Å². The number of carbonyl (C=O) groups excluding carboxylic acids is 1. The Hall–Kier alpha value is -1.81. The Balaban J connectivity index is 1.90. The summed E-state index contributed by atoms with van der Waals surface area (Å²) in [6.07, 6.45) is 0.969. The Kier molecular flexibility index (Phi) is 6.22. The standard InChI is InChI=1S/C19H22BrNO2/c1-4-15-9-10-18(17(20)11-15)23-13-19(22)21(3)12-16-7-5-14(2)6-8-16/h5-11H,4,12-13H2,1-3H3. The van der Waals surface area contributed by atoms with Crippen molar-refractivity contribution < 1.29 is 9.53 Å². The molecule has 122 valence electrons. The van der Waals surface area contributed by atoms with E-state index in [0.29, 0.717) is 12.3 Å². The number of nitrogens with zero attached hydrogens (tertiary/aromatic N) is 1. The molecule has 1 amide bonds. The quantitative estimate of drug-likeness (QED) is 0.750. The third-order valence-electron chi connectivity index (χ3n) is 3.72. The summed E-state index contributed by atoms with van der Waals surface area (Å²) in [5.74, 6) is 0.649. The van der Waals surface area contributed by atoms with Crippen molar-refractivity contribution in [3.63, 3.8) is 0 Å². The van der Waals surface area contributed by atoms with E-state index < -0.39 is 0 Å². The molecule has 0 aliphatic carbocycles. The zero-order chi connectivity index (χ0) is 16.8. The predicted molar refractivity (Wildman–Crippen MR) is 96.7 cm³/mol. The summed E-state index contributed by atoms with van der Waals surface area (Å²) in [7, 11) is 1.79. The Morgan fingerprint density at radius 2 is 1.78 bits per heavy atom. The zero-order valence-electron chi connectivity index (χ0n) is 13.8. The zero-order valence-corrected chi connectivity index (χ0v) is 15.4. The van der Waals surface area contributed by atoms with Gasteiger partial charge in [-0.1, -0.05) is 42.8 Å². The average Bonchev–Trinajstić information content (AvgIpc) is 2.55. The van der Waals surface area contributed by atoms with Crippen LogP contribution in [0.2, 0.25) is 0 Å². The summed E-state index contributed by atoms with van der Waals surface area (Å²) in [5, 5.41) is 0. The minimum absolute atomic E-state index is 0.0342. The van der Waals surface area contributed by atoms with E-state index in [1.807, 2.05) is 37.3 Å². The Morgan fingerprint density at radius 3 is 2.39 bits per heavy atom. The van der Waals surface area contributed by atoms with Crippen molar-refractivity contribution >= 4 is 21.8 Å². The molecule has 2 aromatic carbocycles. The van der Waals surface area contributed by atoms with Crippen LogP contribution in [0, 0.1) is 6.92 Å². The first-order valence-electron chi connectivity index (χ1n) is 7.70. The molecular weight excluding hydrogens is 354 g/mol. The number of hydrogen-bond acceptors (Lipinski definition) is 2. The number of aryl methyl sites for hydroxylation is 2. The summed E-state index contributed by atoms with van der Waals surface area (Å²) >= 11 is 3.49. The SMILES string of the molecule is CCc1ccc(OCC(=O)N(C)Cc2ccc(C)cc2)c(Br)c1. The van der Waals surface area contributed by atoms with E-state index in [-0.39, 0.29) is 12.5 Å². The van der Waals surface area contributed by atoms with Crippen molar-refractivity contribution in [2.45, 2.75) is 26.8 Å². The second-order valence-corrected chi connectivity index (χ2v) is 6.50. The molecule has 0 unspecified atom stereocenters. The number of amides is 1. The molecular formula is C19H22BrNO2. The number of carbonyl (C=O) groups is 1. The highest BCUT2D eigenvalue weighted by Crippen LogP contribution is 2.26. The summed E-state index contributed by atoms with van der Waals surface area (Å²) in [5.41, 5.74) is 3.55. The lowest BCUT2D eigenvalue weighted by Gasteiger charge is -2.18. The molecule has 2 rings (SSSR count). The van der Waals surface area contributed by atoms with Crippen molar-refractivity contribution in [2.24, 2.45) is 0 Å². The molecule has 4 heteroatoms. The lowest BCUT2D eigenvalue weighted by Crippen LogP contribution is -2.31. The number of likely N-dealkylation sites (N-methyl/N-ethyl adjacent to an activating group) is 1. The Bertz CT molecular complexity index is 668. The number of ether oxygens (including phenoxy) is 1. The maximum absolute atomic E-state index is 12.2. The fraction of sp³-hybridized carbons (Fsp3) is 0.316. The highest BCUT2D eigenvalue weighted by Gasteiger charge is 2.11. The van der Waals surface area contributed by atoms with Crippen LogP contribution in [0.25, 0.3) is 0 Å². The van der Waals surface area contributed by atoms with Crippen LogP contribution in [-0.4, -0.2) is 24.5 Å². The third kappa shape index (κ3) is 5.10. The van der Waals surface area contributed by atoms with E-state index in [0.717, 1.165) is 16.5 Å². The molecule has 0 radical (unpaired) electrons. The first kappa shape index (κ1) is 17.5. The molecule has 0 bridgehead atoms. The molecule has 0 N–H and O–H groups in total. The van der Waals surface area contributed by atoms with Crippen molar-refractivity contribution in [2.75, 3.05) is 13.7 Å². The summed E-state index contributed by atoms with van der Waals surface area (Å²) in [4.78, 5) is 13.9. The van der Waals surface area contributed by atoms with Gasteiger partial charge in [-0.05, 0) is 52.5 Å². The van der Waals surface area contributed by atoms with Gasteiger partial charge in [-0.2, -0.15) is 0 Å². The lowest BCUT2D eigenvalue weighted by molar-refractivity contribution is -0.132. The van der Waals surface area contributed by atoms with Crippen molar-refractivity contribution in [1.29, 1.82) is 0 Å². The highest BCUT2D eigenvalue weighted by atomic mass is 79.9. The molecule has 0 saturated heterocycles. The summed E-state index contributed by atoms with van der Waals surface area (Å²) < 4.78 is 6.52. The van der Waals surface area contributed by atoms with Crippen molar-refractivity contribution in [1.82, 2.24) is 4.90 Å². The molecule has 2 aromatic rings. The maximum atomic E-state index is 12.2. The van der Waals surface area contributed by atoms with Crippen LogP contribution in [0.4, 0.5) is 0 Å². The number of hydrogen-bond donors (Lipinski definition) is 0. The molecule has 0 saturated carbocycles. The van der Waals surface area contributed by atoms with Crippen molar-refractivity contribution in [3.8, 4) is 5.75 Å². The molecule has 0 aliphatic rings. The minimum atomic E-state index is -0.0444. The monoisotopic (exact) mass is 375 g/mol.